The Bertz CT molecular complexity index is 586. The van der Waals surface area contributed by atoms with Crippen molar-refractivity contribution >= 4 is 12.4 Å². The van der Waals surface area contributed by atoms with Crippen LogP contribution in [0.4, 0.5) is 0 Å². The van der Waals surface area contributed by atoms with Crippen molar-refractivity contribution in [3.63, 3.8) is 0 Å². The fourth-order valence-electron chi connectivity index (χ4n) is 1.68. The highest BCUT2D eigenvalue weighted by molar-refractivity contribution is 5.86. The molecule has 0 amide bonds. The van der Waals surface area contributed by atoms with Crippen LogP contribution in [0.3, 0.4) is 0 Å². The van der Waals surface area contributed by atoms with Gasteiger partial charge in [-0.1, -0.05) is 24.3 Å². The standard InChI is InChI=1S/C14H13N3O2/c18-14-8-4-2-6-12(14)10-16-15-9-11-5-1-3-7-13(11)17-19/h2,4-10,18H,1,3H2/b15-9+,16-10+. The van der Waals surface area contributed by atoms with E-state index >= 15 is 0 Å². The molecule has 0 radical (unpaired) electrons. The molecule has 0 saturated heterocycles. The van der Waals surface area contributed by atoms with Crippen LogP contribution in [0.25, 0.3) is 0 Å². The van der Waals surface area contributed by atoms with Crippen molar-refractivity contribution < 1.29 is 5.11 Å². The molecular weight excluding hydrogens is 242 g/mol. The van der Waals surface area contributed by atoms with Crippen molar-refractivity contribution in [1.82, 2.24) is 0 Å². The van der Waals surface area contributed by atoms with Gasteiger partial charge in [-0.2, -0.15) is 10.2 Å². The zero-order valence-corrected chi connectivity index (χ0v) is 10.2. The van der Waals surface area contributed by atoms with Crippen molar-refractivity contribution in [3.05, 3.63) is 58.2 Å². The van der Waals surface area contributed by atoms with Crippen LogP contribution in [0.5, 0.6) is 5.75 Å². The number of phenolic OH excluding ortho intramolecular Hbond substituents is 1. The van der Waals surface area contributed by atoms with Crippen molar-refractivity contribution in [2.24, 2.45) is 15.4 Å². The zero-order chi connectivity index (χ0) is 13.5. The van der Waals surface area contributed by atoms with Gasteiger partial charge in [0.25, 0.3) is 0 Å². The molecule has 5 heteroatoms. The molecule has 1 N–H and O–H groups in total. The van der Waals surface area contributed by atoms with Crippen LogP contribution in [0.15, 0.2) is 63.1 Å². The minimum absolute atomic E-state index is 0.147. The third-order valence-corrected chi connectivity index (χ3v) is 2.66. The molecule has 19 heavy (non-hydrogen) atoms. The van der Waals surface area contributed by atoms with Gasteiger partial charge in [-0.3, -0.25) is 0 Å². The number of nitroso groups, excluding NO2 is 1. The number of allylic oxidation sites excluding steroid dienone is 3. The van der Waals surface area contributed by atoms with E-state index in [4.69, 9.17) is 0 Å². The summed E-state index contributed by atoms with van der Waals surface area (Å²) in [7, 11) is 0. The lowest BCUT2D eigenvalue weighted by Crippen LogP contribution is -1.93. The molecule has 5 nitrogen and oxygen atoms in total. The molecule has 0 saturated carbocycles. The highest BCUT2D eigenvalue weighted by atomic mass is 16.3. The van der Waals surface area contributed by atoms with Crippen LogP contribution < -0.4 is 0 Å². The minimum Gasteiger partial charge on any atom is -0.507 e. The number of rotatable bonds is 4. The molecule has 1 aromatic rings. The molecular formula is C14H13N3O2. The molecule has 1 aromatic carbocycles. The van der Waals surface area contributed by atoms with Crippen LogP contribution in [0.2, 0.25) is 0 Å². The Hall–Kier alpha value is -2.56. The van der Waals surface area contributed by atoms with E-state index in [0.717, 1.165) is 12.8 Å². The van der Waals surface area contributed by atoms with Gasteiger partial charge in [0.2, 0.25) is 0 Å². The van der Waals surface area contributed by atoms with Gasteiger partial charge in [0, 0.05) is 11.1 Å². The molecule has 0 spiro atoms. The number of nitrogens with zero attached hydrogens (tertiary/aromatic N) is 3. The second-order valence-electron chi connectivity index (χ2n) is 3.97. The number of phenols is 1. The summed E-state index contributed by atoms with van der Waals surface area (Å²) in [4.78, 5) is 10.6. The van der Waals surface area contributed by atoms with E-state index in [0.29, 0.717) is 16.8 Å². The van der Waals surface area contributed by atoms with Crippen molar-refractivity contribution in [2.45, 2.75) is 12.8 Å². The Balaban J connectivity index is 2.04. The molecule has 1 aliphatic rings. The maximum absolute atomic E-state index is 10.6. The summed E-state index contributed by atoms with van der Waals surface area (Å²) in [5, 5.41) is 20.2. The molecule has 0 heterocycles. The first-order valence-electron chi connectivity index (χ1n) is 5.89. The predicted octanol–water partition coefficient (Wildman–Crippen LogP) is 3.17. The first kappa shape index (κ1) is 12.9. The molecule has 2 rings (SSSR count). The normalized spacial score (nSPS) is 15.6. The molecule has 0 atom stereocenters. The minimum atomic E-state index is 0.147. The van der Waals surface area contributed by atoms with Crippen molar-refractivity contribution in [2.75, 3.05) is 0 Å². The molecule has 0 unspecified atom stereocenters. The number of benzene rings is 1. The topological polar surface area (TPSA) is 74.4 Å². The lowest BCUT2D eigenvalue weighted by Gasteiger charge is -2.03. The maximum atomic E-state index is 10.6. The number of aromatic hydroxyl groups is 1. The second kappa shape index (κ2) is 6.39. The summed E-state index contributed by atoms with van der Waals surface area (Å²) in [6.07, 6.45) is 8.30. The Kier molecular flexibility index (Phi) is 4.34. The van der Waals surface area contributed by atoms with Crippen molar-refractivity contribution in [1.29, 1.82) is 0 Å². The number of para-hydroxylation sites is 1. The molecule has 0 fully saturated rings. The Morgan fingerprint density at radius 1 is 1.05 bits per heavy atom. The van der Waals surface area contributed by atoms with Crippen LogP contribution in [0, 0.1) is 4.91 Å². The zero-order valence-electron chi connectivity index (χ0n) is 10.2. The van der Waals surface area contributed by atoms with Crippen LogP contribution in [0.1, 0.15) is 18.4 Å². The predicted molar refractivity (Wildman–Crippen MR) is 75.4 cm³/mol. The number of hydrogen-bond donors (Lipinski definition) is 1. The van der Waals surface area contributed by atoms with Crippen LogP contribution in [-0.2, 0) is 0 Å². The third kappa shape index (κ3) is 3.45. The summed E-state index contributed by atoms with van der Waals surface area (Å²) in [6.45, 7) is 0. The van der Waals surface area contributed by atoms with Gasteiger partial charge >= 0.3 is 0 Å². The van der Waals surface area contributed by atoms with E-state index in [9.17, 15) is 10.0 Å². The van der Waals surface area contributed by atoms with Gasteiger partial charge < -0.3 is 5.11 Å². The summed E-state index contributed by atoms with van der Waals surface area (Å²) < 4.78 is 0. The van der Waals surface area contributed by atoms with E-state index in [-0.39, 0.29) is 5.75 Å². The SMILES string of the molecule is O=NC1=CCCC=C1/C=N/N=C/c1ccccc1O. The lowest BCUT2D eigenvalue weighted by molar-refractivity contribution is 0.474. The van der Waals surface area contributed by atoms with Gasteiger partial charge in [-0.05, 0) is 30.2 Å². The number of hydrogen-bond acceptors (Lipinski definition) is 5. The summed E-state index contributed by atoms with van der Waals surface area (Å²) in [5.74, 6) is 0.147. The van der Waals surface area contributed by atoms with Gasteiger partial charge in [-0.15, -0.1) is 4.91 Å². The smallest absolute Gasteiger partial charge is 0.124 e. The molecule has 96 valence electrons. The van der Waals surface area contributed by atoms with Gasteiger partial charge in [0.05, 0.1) is 12.4 Å². The fraction of sp³-hybridized carbons (Fsp3) is 0.143. The highest BCUT2D eigenvalue weighted by Gasteiger charge is 2.06. The fourth-order valence-corrected chi connectivity index (χ4v) is 1.68. The maximum Gasteiger partial charge on any atom is 0.124 e. The molecule has 0 bridgehead atoms. The lowest BCUT2D eigenvalue weighted by atomic mass is 10.1. The summed E-state index contributed by atoms with van der Waals surface area (Å²) in [5.41, 5.74) is 1.66. The van der Waals surface area contributed by atoms with Crippen molar-refractivity contribution in [3.8, 4) is 5.75 Å². The second-order valence-corrected chi connectivity index (χ2v) is 3.97. The molecule has 1 aliphatic carbocycles. The highest BCUT2D eigenvalue weighted by Crippen LogP contribution is 2.18. The Labute approximate surface area is 110 Å². The van der Waals surface area contributed by atoms with Crippen LogP contribution >= 0.6 is 0 Å². The van der Waals surface area contributed by atoms with E-state index in [1.165, 1.54) is 12.4 Å². The van der Waals surface area contributed by atoms with E-state index in [1.54, 1.807) is 30.3 Å². The summed E-state index contributed by atoms with van der Waals surface area (Å²) >= 11 is 0. The van der Waals surface area contributed by atoms with E-state index < -0.39 is 0 Å². The van der Waals surface area contributed by atoms with Gasteiger partial charge in [-0.25, -0.2) is 0 Å². The van der Waals surface area contributed by atoms with Gasteiger partial charge in [0.1, 0.15) is 11.4 Å². The summed E-state index contributed by atoms with van der Waals surface area (Å²) in [6, 6.07) is 6.83. The Morgan fingerprint density at radius 3 is 2.58 bits per heavy atom. The molecule has 0 aliphatic heterocycles. The first-order valence-corrected chi connectivity index (χ1v) is 5.89. The average Bonchev–Trinajstić information content (AvgIpc) is 2.45. The monoisotopic (exact) mass is 255 g/mol. The van der Waals surface area contributed by atoms with E-state index in [2.05, 4.69) is 15.4 Å². The van der Waals surface area contributed by atoms with Crippen LogP contribution in [-0.4, -0.2) is 17.5 Å². The Morgan fingerprint density at radius 2 is 1.79 bits per heavy atom. The largest absolute Gasteiger partial charge is 0.507 e. The van der Waals surface area contributed by atoms with Gasteiger partial charge in [0.15, 0.2) is 0 Å². The quantitative estimate of drug-likeness (QED) is 0.509. The van der Waals surface area contributed by atoms with E-state index in [1.807, 2.05) is 6.08 Å². The third-order valence-electron chi connectivity index (χ3n) is 2.66. The first-order chi connectivity index (χ1) is 9.31. The molecule has 0 aromatic heterocycles. The average molecular weight is 255 g/mol.